The van der Waals surface area contributed by atoms with Gasteiger partial charge in [-0.1, -0.05) is 104 Å². The van der Waals surface area contributed by atoms with Crippen LogP contribution in [0.25, 0.3) is 0 Å². The number of benzene rings is 1. The van der Waals surface area contributed by atoms with E-state index < -0.39 is 36.3 Å². The van der Waals surface area contributed by atoms with Gasteiger partial charge in [0.2, 0.25) is 17.7 Å². The lowest BCUT2D eigenvalue weighted by atomic mass is 9.74. The van der Waals surface area contributed by atoms with Crippen LogP contribution in [0.3, 0.4) is 0 Å². The van der Waals surface area contributed by atoms with Crippen molar-refractivity contribution in [3.63, 3.8) is 0 Å². The Labute approximate surface area is 366 Å². The first kappa shape index (κ1) is 51.7. The Morgan fingerprint density at radius 1 is 0.852 bits per heavy atom. The first-order valence-corrected chi connectivity index (χ1v) is 22.7. The van der Waals surface area contributed by atoms with Crippen LogP contribution in [0.5, 0.6) is 0 Å². The number of carbonyl (C=O) groups is 5. The van der Waals surface area contributed by atoms with Gasteiger partial charge in [-0.05, 0) is 75.3 Å². The van der Waals surface area contributed by atoms with E-state index in [9.17, 15) is 24.0 Å². The summed E-state index contributed by atoms with van der Waals surface area (Å²) < 4.78 is 12.2. The molecule has 12 unspecified atom stereocenters. The fraction of sp³-hybridized carbons (Fsp3) is 0.729. The molecule has 1 aromatic rings. The lowest BCUT2D eigenvalue weighted by Crippen LogP contribution is -2.56. The van der Waals surface area contributed by atoms with E-state index in [1.807, 2.05) is 62.9 Å². The van der Waals surface area contributed by atoms with Crippen LogP contribution in [0.15, 0.2) is 42.5 Å². The highest BCUT2D eigenvalue weighted by Crippen LogP contribution is 2.35. The molecule has 0 radical (unpaired) electrons. The summed E-state index contributed by atoms with van der Waals surface area (Å²) in [6.07, 6.45) is 3.77. The molecule has 0 bridgehead atoms. The van der Waals surface area contributed by atoms with Crippen molar-refractivity contribution in [3.8, 4) is 0 Å². The highest BCUT2D eigenvalue weighted by atomic mass is 16.7. The number of rotatable bonds is 24. The number of nitrogens with zero attached hydrogens (tertiary/aromatic N) is 2. The molecular formula is C48H79N5O8. The fourth-order valence-corrected chi connectivity index (χ4v) is 9.20. The van der Waals surface area contributed by atoms with Crippen molar-refractivity contribution < 1.29 is 38.3 Å². The average Bonchev–Trinajstić information content (AvgIpc) is 3.75. The zero-order chi connectivity index (χ0) is 45.6. The summed E-state index contributed by atoms with van der Waals surface area (Å²) in [7, 11) is 4.91. The second-order valence-corrected chi connectivity index (χ2v) is 18.2. The third-order valence-corrected chi connectivity index (χ3v) is 13.6. The van der Waals surface area contributed by atoms with Crippen molar-refractivity contribution in [1.82, 2.24) is 25.9 Å². The Morgan fingerprint density at radius 3 is 2.05 bits per heavy atom. The zero-order valence-electron chi connectivity index (χ0n) is 39.3. The van der Waals surface area contributed by atoms with Crippen LogP contribution in [-0.4, -0.2) is 117 Å². The molecule has 1 aromatic carbocycles. The quantitative estimate of drug-likeness (QED) is 0.105. The molecule has 2 aliphatic rings. The molecule has 2 fully saturated rings. The second-order valence-electron chi connectivity index (χ2n) is 18.2. The molecule has 0 aliphatic carbocycles. The van der Waals surface area contributed by atoms with Gasteiger partial charge in [0.05, 0.1) is 43.2 Å². The maximum Gasteiger partial charge on any atom is 0.269 e. The number of ketones is 1. The summed E-state index contributed by atoms with van der Waals surface area (Å²) >= 11 is 0. The molecule has 13 heteroatoms. The minimum Gasteiger partial charge on any atom is -0.381 e. The zero-order valence-corrected chi connectivity index (χ0v) is 39.3. The summed E-state index contributed by atoms with van der Waals surface area (Å²) in [4.78, 5) is 77.2. The summed E-state index contributed by atoms with van der Waals surface area (Å²) in [5, 5.41) is 10.4. The maximum atomic E-state index is 14.4. The van der Waals surface area contributed by atoms with Crippen LogP contribution in [0.2, 0.25) is 0 Å². The normalized spacial score (nSPS) is 21.2. The van der Waals surface area contributed by atoms with Crippen LogP contribution >= 0.6 is 0 Å². The van der Waals surface area contributed by atoms with Gasteiger partial charge < -0.3 is 30.3 Å². The van der Waals surface area contributed by atoms with Gasteiger partial charge in [-0.15, -0.1) is 0 Å². The topological polar surface area (TPSA) is 156 Å². The Hall–Kier alpha value is -3.65. The van der Waals surface area contributed by atoms with E-state index in [0.717, 1.165) is 31.2 Å². The molecule has 61 heavy (non-hydrogen) atoms. The highest BCUT2D eigenvalue weighted by Gasteiger charge is 2.43. The maximum absolute atomic E-state index is 14.4. The molecule has 12 atom stereocenters. The Balaban J connectivity index is 1.77. The molecule has 2 aliphatic heterocycles. The molecule has 2 heterocycles. The van der Waals surface area contributed by atoms with Crippen molar-refractivity contribution in [2.75, 3.05) is 41.0 Å². The number of likely N-dealkylation sites (N-methyl/N-ethyl adjacent to an activating group) is 1. The van der Waals surface area contributed by atoms with E-state index in [1.165, 1.54) is 5.06 Å². The smallest absolute Gasteiger partial charge is 0.269 e. The predicted octanol–water partition coefficient (Wildman–Crippen LogP) is 6.07. The molecule has 13 nitrogen and oxygen atoms in total. The minimum absolute atomic E-state index is 0.0194. The fourth-order valence-electron chi connectivity index (χ4n) is 9.20. The number of carbonyl (C=O) groups excluding carboxylic acids is 5. The van der Waals surface area contributed by atoms with E-state index in [0.29, 0.717) is 38.1 Å². The van der Waals surface area contributed by atoms with Gasteiger partial charge in [-0.2, -0.15) is 0 Å². The second kappa shape index (κ2) is 24.8. The van der Waals surface area contributed by atoms with Gasteiger partial charge in [0.15, 0.2) is 5.78 Å². The van der Waals surface area contributed by atoms with Gasteiger partial charge in [-0.3, -0.25) is 28.8 Å². The van der Waals surface area contributed by atoms with E-state index in [-0.39, 0.29) is 77.4 Å². The lowest BCUT2D eigenvalue weighted by Gasteiger charge is -2.38. The number of ether oxygens (including phenoxy) is 2. The molecule has 344 valence electrons. The summed E-state index contributed by atoms with van der Waals surface area (Å²) in [5.74, 6) is -2.35. The first-order valence-electron chi connectivity index (χ1n) is 22.7. The summed E-state index contributed by atoms with van der Waals surface area (Å²) in [6, 6.07) is 7.19. The van der Waals surface area contributed by atoms with Crippen LogP contribution in [0.4, 0.5) is 0 Å². The van der Waals surface area contributed by atoms with Crippen LogP contribution < -0.4 is 16.0 Å². The van der Waals surface area contributed by atoms with Crippen molar-refractivity contribution >= 4 is 29.4 Å². The van der Waals surface area contributed by atoms with Crippen LogP contribution in [0, 0.1) is 35.5 Å². The number of methoxy groups -OCH3 is 2. The SMILES string of the molecule is C=C(C)C(NC)C(=O)NC(C(=O)C(C)C(C)CC(C(C)CC)C(CC(=O)N1CCCC1C(OC)C(C)C(=O)NC(C(=O)N1CCCCO1)C(C)c1ccccc1)OC)C(C)C. The van der Waals surface area contributed by atoms with Crippen LogP contribution in [0.1, 0.15) is 119 Å². The number of hydrogen-bond acceptors (Lipinski definition) is 9. The number of amides is 4. The third-order valence-electron chi connectivity index (χ3n) is 13.6. The number of likely N-dealkylation sites (tertiary alicyclic amines) is 1. The van der Waals surface area contributed by atoms with E-state index in [4.69, 9.17) is 14.3 Å². The largest absolute Gasteiger partial charge is 0.381 e. The number of hydroxylamine groups is 2. The molecule has 0 aromatic heterocycles. The molecule has 0 saturated carbocycles. The molecule has 2 saturated heterocycles. The Morgan fingerprint density at radius 2 is 1.51 bits per heavy atom. The van der Waals surface area contributed by atoms with Gasteiger partial charge in [0.25, 0.3) is 5.91 Å². The van der Waals surface area contributed by atoms with Crippen molar-refractivity contribution in [2.45, 2.75) is 150 Å². The number of hydrogen-bond donors (Lipinski definition) is 3. The minimum atomic E-state index is -0.864. The van der Waals surface area contributed by atoms with E-state index in [2.05, 4.69) is 43.3 Å². The molecule has 3 N–H and O–H groups in total. The Bertz CT molecular complexity index is 1580. The van der Waals surface area contributed by atoms with Gasteiger partial charge in [0, 0.05) is 39.1 Å². The van der Waals surface area contributed by atoms with Crippen LogP contribution in [-0.2, 0) is 38.3 Å². The van der Waals surface area contributed by atoms with E-state index >= 15 is 0 Å². The van der Waals surface area contributed by atoms with Crippen molar-refractivity contribution in [2.24, 2.45) is 35.5 Å². The molecule has 4 amide bonds. The monoisotopic (exact) mass is 854 g/mol. The first-order chi connectivity index (χ1) is 28.9. The lowest BCUT2D eigenvalue weighted by molar-refractivity contribution is -0.200. The highest BCUT2D eigenvalue weighted by molar-refractivity contribution is 5.93. The van der Waals surface area contributed by atoms with Crippen molar-refractivity contribution in [1.29, 1.82) is 0 Å². The Kier molecular flexibility index (Phi) is 21.1. The molecule has 3 rings (SSSR count). The third kappa shape index (κ3) is 13.7. The standard InChI is InChI=1S/C48H79N5O8/c1-14-31(6)37(27-32(7)33(8)44(55)41(29(2)3)50-47(57)42(49-11)30(4)5)39(59-12)28-40(54)52-24-20-23-38(52)45(60-13)35(10)46(56)51-43(34(9)36-21-16-15-17-22-36)48(58)53-25-18-19-26-61-53/h15-17,21-22,29,31-35,37-39,41-43,45,49H,4,14,18-20,23-28H2,1-3,5-13H3,(H,50,57)(H,51,56). The molecule has 0 spiro atoms. The summed E-state index contributed by atoms with van der Waals surface area (Å²) in [5.41, 5.74) is 1.59. The number of nitrogens with one attached hydrogen (secondary N) is 3. The van der Waals surface area contributed by atoms with Gasteiger partial charge in [-0.25, -0.2) is 5.06 Å². The van der Waals surface area contributed by atoms with Crippen molar-refractivity contribution in [3.05, 3.63) is 48.0 Å². The van der Waals surface area contributed by atoms with Gasteiger partial charge >= 0.3 is 0 Å². The van der Waals surface area contributed by atoms with E-state index in [1.54, 1.807) is 35.1 Å². The predicted molar refractivity (Wildman–Crippen MR) is 239 cm³/mol. The molecular weight excluding hydrogens is 775 g/mol. The summed E-state index contributed by atoms with van der Waals surface area (Å²) in [6.45, 7) is 23.1. The number of Topliss-reactive ketones (excluding diaryl/α,β-unsaturated/α-hetero) is 1. The average molecular weight is 854 g/mol. The van der Waals surface area contributed by atoms with Gasteiger partial charge in [0.1, 0.15) is 12.1 Å².